The quantitative estimate of drug-likeness (QED) is 0.880. The minimum absolute atomic E-state index is 0.174. The van der Waals surface area contributed by atoms with Gasteiger partial charge in [0.05, 0.1) is 6.42 Å². The first-order valence-electron chi connectivity index (χ1n) is 5.15. The molecule has 0 radical (unpaired) electrons. The molecule has 0 spiro atoms. The highest BCUT2D eigenvalue weighted by Gasteiger charge is 2.05. The Bertz CT molecular complexity index is 558. The van der Waals surface area contributed by atoms with Crippen molar-refractivity contribution in [2.24, 2.45) is 0 Å². The van der Waals surface area contributed by atoms with E-state index in [4.69, 9.17) is 23.2 Å². The topological polar surface area (TPSA) is 54.9 Å². The van der Waals surface area contributed by atoms with Gasteiger partial charge in [0.2, 0.25) is 5.91 Å². The molecule has 0 atom stereocenters. The number of amides is 1. The summed E-state index contributed by atoms with van der Waals surface area (Å²) in [7, 11) is 0. The number of carbonyl (C=O) groups is 1. The Balaban J connectivity index is 1.98. The average molecular weight is 282 g/mol. The van der Waals surface area contributed by atoms with Crippen molar-refractivity contribution in [1.29, 1.82) is 0 Å². The van der Waals surface area contributed by atoms with Crippen molar-refractivity contribution in [3.63, 3.8) is 0 Å². The van der Waals surface area contributed by atoms with Crippen molar-refractivity contribution < 1.29 is 4.79 Å². The number of anilines is 1. The first-order chi connectivity index (χ1) is 8.63. The Labute approximate surface area is 114 Å². The molecule has 4 nitrogen and oxygen atoms in total. The van der Waals surface area contributed by atoms with Crippen molar-refractivity contribution in [1.82, 2.24) is 9.97 Å². The summed E-state index contributed by atoms with van der Waals surface area (Å²) in [5.74, 6) is 0.209. The monoisotopic (exact) mass is 281 g/mol. The van der Waals surface area contributed by atoms with E-state index in [-0.39, 0.29) is 17.5 Å². The van der Waals surface area contributed by atoms with E-state index in [1.807, 2.05) is 0 Å². The standard InChI is InChI=1S/C12H9Cl2N3O/c13-9-3-1-8(2-4-9)5-12(18)17-11-6-10(14)15-7-16-11/h1-4,6-7H,5H2,(H,15,16,17,18). The lowest BCUT2D eigenvalue weighted by atomic mass is 10.1. The molecular weight excluding hydrogens is 273 g/mol. The van der Waals surface area contributed by atoms with Crippen LogP contribution in [0.15, 0.2) is 36.7 Å². The van der Waals surface area contributed by atoms with Gasteiger partial charge < -0.3 is 5.32 Å². The fourth-order valence-corrected chi connectivity index (χ4v) is 1.65. The number of nitrogens with zero attached hydrogens (tertiary/aromatic N) is 2. The van der Waals surface area contributed by atoms with E-state index in [0.29, 0.717) is 10.8 Å². The molecule has 18 heavy (non-hydrogen) atoms. The molecule has 0 aliphatic carbocycles. The van der Waals surface area contributed by atoms with Gasteiger partial charge in [0.15, 0.2) is 0 Å². The van der Waals surface area contributed by atoms with Gasteiger partial charge >= 0.3 is 0 Å². The van der Waals surface area contributed by atoms with Gasteiger partial charge in [0.1, 0.15) is 17.3 Å². The number of hydrogen-bond donors (Lipinski definition) is 1. The molecule has 0 unspecified atom stereocenters. The van der Waals surface area contributed by atoms with Gasteiger partial charge in [-0.1, -0.05) is 35.3 Å². The SMILES string of the molecule is O=C(Cc1ccc(Cl)cc1)Nc1cc(Cl)ncn1. The van der Waals surface area contributed by atoms with Gasteiger partial charge in [0, 0.05) is 11.1 Å². The summed E-state index contributed by atoms with van der Waals surface area (Å²) in [5.41, 5.74) is 0.872. The molecule has 0 saturated heterocycles. The van der Waals surface area contributed by atoms with Gasteiger partial charge in [-0.2, -0.15) is 0 Å². The summed E-state index contributed by atoms with van der Waals surface area (Å²) in [6.45, 7) is 0. The smallest absolute Gasteiger partial charge is 0.229 e. The molecule has 92 valence electrons. The Morgan fingerprint density at radius 2 is 1.89 bits per heavy atom. The first-order valence-corrected chi connectivity index (χ1v) is 5.91. The predicted octanol–water partition coefficient (Wildman–Crippen LogP) is 2.96. The second-order valence-corrected chi connectivity index (χ2v) is 4.40. The number of aromatic nitrogens is 2. The average Bonchev–Trinajstić information content (AvgIpc) is 2.32. The Morgan fingerprint density at radius 1 is 1.17 bits per heavy atom. The van der Waals surface area contributed by atoms with E-state index in [1.54, 1.807) is 24.3 Å². The maximum absolute atomic E-state index is 11.7. The molecule has 0 bridgehead atoms. The Kier molecular flexibility index (Phi) is 4.12. The van der Waals surface area contributed by atoms with Gasteiger partial charge in [-0.25, -0.2) is 9.97 Å². The van der Waals surface area contributed by atoms with Crippen molar-refractivity contribution in [3.8, 4) is 0 Å². The zero-order chi connectivity index (χ0) is 13.0. The van der Waals surface area contributed by atoms with Crippen molar-refractivity contribution >= 4 is 34.9 Å². The molecule has 1 N–H and O–H groups in total. The Morgan fingerprint density at radius 3 is 2.56 bits per heavy atom. The summed E-state index contributed by atoms with van der Waals surface area (Å²) >= 11 is 11.5. The van der Waals surface area contributed by atoms with Gasteiger partial charge in [-0.3, -0.25) is 4.79 Å². The molecule has 1 aromatic carbocycles. The van der Waals surface area contributed by atoms with Gasteiger partial charge in [0.25, 0.3) is 0 Å². The van der Waals surface area contributed by atoms with Crippen LogP contribution in [0.25, 0.3) is 0 Å². The highest BCUT2D eigenvalue weighted by atomic mass is 35.5. The maximum atomic E-state index is 11.7. The summed E-state index contributed by atoms with van der Waals surface area (Å²) < 4.78 is 0. The predicted molar refractivity (Wildman–Crippen MR) is 70.8 cm³/mol. The minimum atomic E-state index is -0.174. The normalized spacial score (nSPS) is 10.1. The summed E-state index contributed by atoms with van der Waals surface area (Å²) in [6, 6.07) is 8.57. The van der Waals surface area contributed by atoms with E-state index < -0.39 is 0 Å². The molecule has 1 aromatic heterocycles. The first kappa shape index (κ1) is 12.8. The molecule has 0 saturated carbocycles. The zero-order valence-corrected chi connectivity index (χ0v) is 10.7. The minimum Gasteiger partial charge on any atom is -0.310 e. The van der Waals surface area contributed by atoms with Crippen LogP contribution < -0.4 is 5.32 Å². The molecule has 0 aliphatic heterocycles. The summed E-state index contributed by atoms with van der Waals surface area (Å²) in [5, 5.41) is 3.56. The van der Waals surface area contributed by atoms with E-state index in [9.17, 15) is 4.79 Å². The number of halogens is 2. The van der Waals surface area contributed by atoms with Crippen LogP contribution in [0.1, 0.15) is 5.56 Å². The third kappa shape index (κ3) is 3.68. The van der Waals surface area contributed by atoms with E-state index in [0.717, 1.165) is 5.56 Å². The fourth-order valence-electron chi connectivity index (χ4n) is 1.38. The van der Waals surface area contributed by atoms with E-state index in [1.165, 1.54) is 12.4 Å². The van der Waals surface area contributed by atoms with Gasteiger partial charge in [-0.05, 0) is 17.7 Å². The molecule has 2 rings (SSSR count). The van der Waals surface area contributed by atoms with Crippen molar-refractivity contribution in [2.45, 2.75) is 6.42 Å². The van der Waals surface area contributed by atoms with Crippen LogP contribution in [-0.2, 0) is 11.2 Å². The number of rotatable bonds is 3. The van der Waals surface area contributed by atoms with Crippen LogP contribution >= 0.6 is 23.2 Å². The third-order valence-corrected chi connectivity index (χ3v) is 2.64. The number of hydrogen-bond acceptors (Lipinski definition) is 3. The van der Waals surface area contributed by atoms with Crippen LogP contribution in [0.3, 0.4) is 0 Å². The molecule has 0 fully saturated rings. The molecule has 2 aromatic rings. The highest BCUT2D eigenvalue weighted by molar-refractivity contribution is 6.30. The number of benzene rings is 1. The lowest BCUT2D eigenvalue weighted by Gasteiger charge is -2.04. The second-order valence-electron chi connectivity index (χ2n) is 3.58. The van der Waals surface area contributed by atoms with Crippen LogP contribution in [0.4, 0.5) is 5.82 Å². The van der Waals surface area contributed by atoms with Crippen LogP contribution in [-0.4, -0.2) is 15.9 Å². The van der Waals surface area contributed by atoms with E-state index in [2.05, 4.69) is 15.3 Å². The summed E-state index contributed by atoms with van der Waals surface area (Å²) in [6.07, 6.45) is 1.54. The second kappa shape index (κ2) is 5.80. The molecular formula is C12H9Cl2N3O. The van der Waals surface area contributed by atoms with E-state index >= 15 is 0 Å². The fraction of sp³-hybridized carbons (Fsp3) is 0.0833. The lowest BCUT2D eigenvalue weighted by Crippen LogP contribution is -2.15. The number of carbonyl (C=O) groups excluding carboxylic acids is 1. The third-order valence-electron chi connectivity index (χ3n) is 2.18. The lowest BCUT2D eigenvalue weighted by molar-refractivity contribution is -0.115. The molecule has 6 heteroatoms. The molecule has 1 amide bonds. The zero-order valence-electron chi connectivity index (χ0n) is 9.23. The van der Waals surface area contributed by atoms with Crippen LogP contribution in [0, 0.1) is 0 Å². The molecule has 1 heterocycles. The van der Waals surface area contributed by atoms with Crippen molar-refractivity contribution in [2.75, 3.05) is 5.32 Å². The van der Waals surface area contributed by atoms with Crippen LogP contribution in [0.2, 0.25) is 10.2 Å². The largest absolute Gasteiger partial charge is 0.310 e. The van der Waals surface area contributed by atoms with Crippen molar-refractivity contribution in [3.05, 3.63) is 52.4 Å². The summed E-state index contributed by atoms with van der Waals surface area (Å²) in [4.78, 5) is 19.3. The molecule has 0 aliphatic rings. The van der Waals surface area contributed by atoms with Crippen LogP contribution in [0.5, 0.6) is 0 Å². The highest BCUT2D eigenvalue weighted by Crippen LogP contribution is 2.12. The number of nitrogens with one attached hydrogen (secondary N) is 1. The maximum Gasteiger partial charge on any atom is 0.229 e. The Hall–Kier alpha value is -1.65. The van der Waals surface area contributed by atoms with Gasteiger partial charge in [-0.15, -0.1) is 0 Å².